The van der Waals surface area contributed by atoms with E-state index in [0.29, 0.717) is 6.54 Å². The third-order valence-electron chi connectivity index (χ3n) is 2.22. The Morgan fingerprint density at radius 3 is 2.14 bits per heavy atom. The summed E-state index contributed by atoms with van der Waals surface area (Å²) in [6, 6.07) is 8.62. The van der Waals surface area contributed by atoms with Gasteiger partial charge in [-0.2, -0.15) is 0 Å². The standard InChI is InChI=1S/C13H19N/c1-13(2,3)12-8-6-11(7-9-12)5-4-10-14/h4-9H,10,14H2,1-3H3. The monoisotopic (exact) mass is 189 g/mol. The minimum absolute atomic E-state index is 0.232. The summed E-state index contributed by atoms with van der Waals surface area (Å²) in [5.74, 6) is 0. The summed E-state index contributed by atoms with van der Waals surface area (Å²) < 4.78 is 0. The van der Waals surface area contributed by atoms with Crippen LogP contribution in [0.25, 0.3) is 6.08 Å². The Morgan fingerprint density at radius 2 is 1.71 bits per heavy atom. The van der Waals surface area contributed by atoms with Crippen LogP contribution in [0.4, 0.5) is 0 Å². The molecular formula is C13H19N. The summed E-state index contributed by atoms with van der Waals surface area (Å²) in [5.41, 5.74) is 8.20. The highest BCUT2D eigenvalue weighted by molar-refractivity contribution is 5.50. The second kappa shape index (κ2) is 4.43. The van der Waals surface area contributed by atoms with Gasteiger partial charge in [0.2, 0.25) is 0 Å². The van der Waals surface area contributed by atoms with Crippen molar-refractivity contribution in [3.8, 4) is 0 Å². The molecule has 0 spiro atoms. The highest BCUT2D eigenvalue weighted by Crippen LogP contribution is 2.22. The third-order valence-corrected chi connectivity index (χ3v) is 2.22. The Bertz CT molecular complexity index is 301. The highest BCUT2D eigenvalue weighted by Gasteiger charge is 2.12. The van der Waals surface area contributed by atoms with Gasteiger partial charge >= 0.3 is 0 Å². The summed E-state index contributed by atoms with van der Waals surface area (Å²) in [6.45, 7) is 7.26. The van der Waals surface area contributed by atoms with E-state index >= 15 is 0 Å². The first-order valence-corrected chi connectivity index (χ1v) is 5.01. The Kier molecular flexibility index (Phi) is 3.48. The molecule has 76 valence electrons. The van der Waals surface area contributed by atoms with Gasteiger partial charge in [0.05, 0.1) is 0 Å². The van der Waals surface area contributed by atoms with Crippen LogP contribution in [0.1, 0.15) is 31.9 Å². The average molecular weight is 189 g/mol. The zero-order chi connectivity index (χ0) is 10.6. The molecule has 1 rings (SSSR count). The van der Waals surface area contributed by atoms with Gasteiger partial charge in [-0.25, -0.2) is 0 Å². The minimum atomic E-state index is 0.232. The molecule has 14 heavy (non-hydrogen) atoms. The van der Waals surface area contributed by atoms with E-state index in [-0.39, 0.29) is 5.41 Å². The zero-order valence-electron chi connectivity index (χ0n) is 9.25. The fourth-order valence-corrected chi connectivity index (χ4v) is 1.30. The summed E-state index contributed by atoms with van der Waals surface area (Å²) in [7, 11) is 0. The quantitative estimate of drug-likeness (QED) is 0.760. The molecule has 0 aliphatic rings. The van der Waals surface area contributed by atoms with Crippen LogP contribution >= 0.6 is 0 Å². The minimum Gasteiger partial charge on any atom is -0.327 e. The fourth-order valence-electron chi connectivity index (χ4n) is 1.30. The van der Waals surface area contributed by atoms with Crippen LogP contribution in [0.3, 0.4) is 0 Å². The molecule has 0 radical (unpaired) electrons. The smallest absolute Gasteiger partial charge is 0.0110 e. The van der Waals surface area contributed by atoms with Crippen molar-refractivity contribution in [2.45, 2.75) is 26.2 Å². The average Bonchev–Trinajstić information content (AvgIpc) is 2.14. The molecule has 1 nitrogen and oxygen atoms in total. The lowest BCUT2D eigenvalue weighted by atomic mass is 9.87. The second-order valence-corrected chi connectivity index (χ2v) is 4.51. The van der Waals surface area contributed by atoms with Crippen LogP contribution in [-0.4, -0.2) is 6.54 Å². The number of rotatable bonds is 2. The molecule has 0 atom stereocenters. The molecule has 0 fully saturated rings. The van der Waals surface area contributed by atoms with Crippen LogP contribution < -0.4 is 5.73 Å². The molecule has 0 heterocycles. The summed E-state index contributed by atoms with van der Waals surface area (Å²) in [5, 5.41) is 0. The van der Waals surface area contributed by atoms with Gasteiger partial charge in [0.1, 0.15) is 0 Å². The number of hydrogen-bond acceptors (Lipinski definition) is 1. The van der Waals surface area contributed by atoms with Crippen molar-refractivity contribution in [3.05, 3.63) is 41.5 Å². The SMILES string of the molecule is CC(C)(C)c1ccc(C=CCN)cc1. The molecule has 0 aliphatic heterocycles. The van der Waals surface area contributed by atoms with Crippen LogP contribution in [-0.2, 0) is 5.41 Å². The molecule has 0 aromatic heterocycles. The van der Waals surface area contributed by atoms with E-state index in [1.54, 1.807) is 0 Å². The van der Waals surface area contributed by atoms with Gasteiger partial charge in [0.15, 0.2) is 0 Å². The van der Waals surface area contributed by atoms with Crippen LogP contribution in [0.15, 0.2) is 30.3 Å². The van der Waals surface area contributed by atoms with Gasteiger partial charge in [-0.3, -0.25) is 0 Å². The summed E-state index contributed by atoms with van der Waals surface area (Å²) in [4.78, 5) is 0. The predicted octanol–water partition coefficient (Wildman–Crippen LogP) is 2.96. The number of nitrogens with two attached hydrogens (primary N) is 1. The lowest BCUT2D eigenvalue weighted by Gasteiger charge is -2.18. The van der Waals surface area contributed by atoms with Crippen molar-refractivity contribution in [2.24, 2.45) is 5.73 Å². The van der Waals surface area contributed by atoms with Gasteiger partial charge in [0.25, 0.3) is 0 Å². The van der Waals surface area contributed by atoms with Gasteiger partial charge in [0, 0.05) is 6.54 Å². The maximum Gasteiger partial charge on any atom is 0.0110 e. The molecule has 0 bridgehead atoms. The zero-order valence-corrected chi connectivity index (χ0v) is 9.25. The molecule has 1 heteroatoms. The van der Waals surface area contributed by atoms with E-state index in [1.165, 1.54) is 11.1 Å². The van der Waals surface area contributed by atoms with Crippen molar-refractivity contribution in [1.82, 2.24) is 0 Å². The van der Waals surface area contributed by atoms with E-state index < -0.39 is 0 Å². The maximum atomic E-state index is 5.39. The van der Waals surface area contributed by atoms with Gasteiger partial charge in [-0.15, -0.1) is 0 Å². The van der Waals surface area contributed by atoms with E-state index in [9.17, 15) is 0 Å². The molecule has 0 saturated heterocycles. The molecule has 0 amide bonds. The van der Waals surface area contributed by atoms with Crippen molar-refractivity contribution in [2.75, 3.05) is 6.54 Å². The second-order valence-electron chi connectivity index (χ2n) is 4.51. The summed E-state index contributed by atoms with van der Waals surface area (Å²) >= 11 is 0. The van der Waals surface area contributed by atoms with Crippen molar-refractivity contribution < 1.29 is 0 Å². The van der Waals surface area contributed by atoms with E-state index in [2.05, 4.69) is 45.0 Å². The molecular weight excluding hydrogens is 170 g/mol. The fraction of sp³-hybridized carbons (Fsp3) is 0.385. The first-order valence-electron chi connectivity index (χ1n) is 5.01. The Morgan fingerprint density at radius 1 is 1.14 bits per heavy atom. The largest absolute Gasteiger partial charge is 0.327 e. The van der Waals surface area contributed by atoms with Crippen molar-refractivity contribution in [1.29, 1.82) is 0 Å². The normalized spacial score (nSPS) is 12.3. The molecule has 0 unspecified atom stereocenters. The molecule has 0 aliphatic carbocycles. The topological polar surface area (TPSA) is 26.0 Å². The van der Waals surface area contributed by atoms with Crippen molar-refractivity contribution in [3.63, 3.8) is 0 Å². The Hall–Kier alpha value is -1.08. The maximum absolute atomic E-state index is 5.39. The highest BCUT2D eigenvalue weighted by atomic mass is 14.5. The van der Waals surface area contributed by atoms with Crippen molar-refractivity contribution >= 4 is 6.08 Å². The van der Waals surface area contributed by atoms with Crippen LogP contribution in [0, 0.1) is 0 Å². The molecule has 0 saturated carbocycles. The lowest BCUT2D eigenvalue weighted by Crippen LogP contribution is -2.10. The van der Waals surface area contributed by atoms with Crippen LogP contribution in [0.5, 0.6) is 0 Å². The first-order chi connectivity index (χ1) is 6.54. The first kappa shape index (κ1) is 11.0. The van der Waals surface area contributed by atoms with Gasteiger partial charge < -0.3 is 5.73 Å². The van der Waals surface area contributed by atoms with E-state index in [4.69, 9.17) is 5.73 Å². The van der Waals surface area contributed by atoms with Crippen LogP contribution in [0.2, 0.25) is 0 Å². The van der Waals surface area contributed by atoms with E-state index in [0.717, 1.165) is 0 Å². The molecule has 2 N–H and O–H groups in total. The Labute approximate surface area is 86.6 Å². The van der Waals surface area contributed by atoms with E-state index in [1.807, 2.05) is 12.2 Å². The summed E-state index contributed by atoms with van der Waals surface area (Å²) in [6.07, 6.45) is 4.01. The predicted molar refractivity (Wildman–Crippen MR) is 63.2 cm³/mol. The number of benzene rings is 1. The third kappa shape index (κ3) is 3.00. The lowest BCUT2D eigenvalue weighted by molar-refractivity contribution is 0.590. The Balaban J connectivity index is 2.84. The van der Waals surface area contributed by atoms with Gasteiger partial charge in [-0.05, 0) is 16.5 Å². The van der Waals surface area contributed by atoms with Gasteiger partial charge in [-0.1, -0.05) is 57.2 Å². The molecule has 1 aromatic carbocycles. The number of hydrogen-bond donors (Lipinski definition) is 1. The molecule has 1 aromatic rings.